The molecule has 0 saturated carbocycles. The van der Waals surface area contributed by atoms with E-state index in [2.05, 4.69) is 170 Å². The SMILES string of the molecule is CC1(C)c2cc(-c3ccc4sc5ccc(-c6nc(-c7ccccc7)cc(-c7ccccc7)n6)cc5c4c3)ccc2-n2c3ccccc3c3cccc1c32. The van der Waals surface area contributed by atoms with Crippen LogP contribution in [0.15, 0.2) is 164 Å². The maximum absolute atomic E-state index is 5.13. The summed E-state index contributed by atoms with van der Waals surface area (Å²) in [5.41, 5.74) is 13.9. The molecule has 10 aromatic rings. The number of aromatic nitrogens is 3. The third-order valence-electron chi connectivity index (χ3n) is 11.2. The molecular weight excluding hydrogens is 663 g/mol. The van der Waals surface area contributed by atoms with Crippen LogP contribution in [0, 0.1) is 0 Å². The minimum absolute atomic E-state index is 0.157. The third kappa shape index (κ3) is 4.59. The Hall–Kier alpha value is -6.36. The van der Waals surface area contributed by atoms with E-state index < -0.39 is 0 Å². The second-order valence-corrected chi connectivity index (χ2v) is 15.7. The molecule has 0 radical (unpaired) electrons. The fourth-order valence-electron chi connectivity index (χ4n) is 8.52. The molecule has 1 aliphatic heterocycles. The molecule has 0 unspecified atom stereocenters. The highest BCUT2D eigenvalue weighted by molar-refractivity contribution is 7.25. The Morgan fingerprint density at radius 3 is 1.75 bits per heavy atom. The number of nitrogens with zero attached hydrogens (tertiary/aromatic N) is 3. The average Bonchev–Trinajstić information content (AvgIpc) is 3.76. The van der Waals surface area contributed by atoms with E-state index in [1.165, 1.54) is 69.9 Å². The number of thiophene rings is 1. The van der Waals surface area contributed by atoms with Crippen molar-refractivity contribution < 1.29 is 0 Å². The van der Waals surface area contributed by atoms with Crippen molar-refractivity contribution in [3.05, 3.63) is 175 Å². The zero-order valence-corrected chi connectivity index (χ0v) is 30.2. The molecule has 4 heterocycles. The molecule has 1 aliphatic rings. The first kappa shape index (κ1) is 30.3. The van der Waals surface area contributed by atoms with Gasteiger partial charge in [0, 0.05) is 53.1 Å². The van der Waals surface area contributed by atoms with Crippen LogP contribution < -0.4 is 0 Å². The predicted molar refractivity (Wildman–Crippen MR) is 223 cm³/mol. The summed E-state index contributed by atoms with van der Waals surface area (Å²) in [7, 11) is 0. The van der Waals surface area contributed by atoms with Gasteiger partial charge in [-0.3, -0.25) is 0 Å². The highest BCUT2D eigenvalue weighted by atomic mass is 32.1. The van der Waals surface area contributed by atoms with Crippen molar-refractivity contribution in [1.82, 2.24) is 14.5 Å². The quantitative estimate of drug-likeness (QED) is 0.183. The summed E-state index contributed by atoms with van der Waals surface area (Å²) >= 11 is 1.84. The van der Waals surface area contributed by atoms with Gasteiger partial charge in [-0.2, -0.15) is 0 Å². The van der Waals surface area contributed by atoms with E-state index in [1.807, 2.05) is 23.5 Å². The van der Waals surface area contributed by atoms with Crippen molar-refractivity contribution in [3.63, 3.8) is 0 Å². The zero-order valence-electron chi connectivity index (χ0n) is 29.3. The molecule has 7 aromatic carbocycles. The maximum atomic E-state index is 5.13. The molecule has 250 valence electrons. The topological polar surface area (TPSA) is 30.7 Å². The van der Waals surface area contributed by atoms with Crippen molar-refractivity contribution in [1.29, 1.82) is 0 Å². The summed E-state index contributed by atoms with van der Waals surface area (Å²) < 4.78 is 5.02. The van der Waals surface area contributed by atoms with Gasteiger partial charge in [-0.15, -0.1) is 11.3 Å². The summed E-state index contributed by atoms with van der Waals surface area (Å²) in [5.74, 6) is 0.728. The number of hydrogen-bond donors (Lipinski definition) is 0. The molecule has 0 atom stereocenters. The Balaban J connectivity index is 1.05. The third-order valence-corrected chi connectivity index (χ3v) is 12.4. The van der Waals surface area contributed by atoms with Gasteiger partial charge in [0.1, 0.15) is 0 Å². The van der Waals surface area contributed by atoms with Crippen molar-refractivity contribution in [2.24, 2.45) is 0 Å². The van der Waals surface area contributed by atoms with Gasteiger partial charge in [-0.25, -0.2) is 9.97 Å². The highest BCUT2D eigenvalue weighted by Gasteiger charge is 2.35. The molecule has 11 rings (SSSR count). The van der Waals surface area contributed by atoms with Crippen LogP contribution in [0.25, 0.3) is 92.7 Å². The lowest BCUT2D eigenvalue weighted by molar-refractivity contribution is 0.630. The molecule has 3 aromatic heterocycles. The van der Waals surface area contributed by atoms with Gasteiger partial charge < -0.3 is 4.57 Å². The molecule has 0 amide bonds. The first-order valence-corrected chi connectivity index (χ1v) is 19.0. The largest absolute Gasteiger partial charge is 0.309 e. The number of hydrogen-bond acceptors (Lipinski definition) is 3. The normalized spacial score (nSPS) is 13.2. The van der Waals surface area contributed by atoms with Gasteiger partial charge >= 0.3 is 0 Å². The standard InChI is InChI=1S/C49H33N3S/c1-49(2)39-18-11-17-36-35-16-9-10-19-43(35)52(47(36)39)44-23-20-33(28-40(44)49)32-21-24-45-37(26-32)38-27-34(22-25-46(38)53-45)48-50-41(30-12-5-3-6-13-30)29-42(51-48)31-14-7-4-8-15-31/h3-29H,1-2H3. The van der Waals surface area contributed by atoms with Gasteiger partial charge in [0.15, 0.2) is 5.82 Å². The van der Waals surface area contributed by atoms with Crippen LogP contribution in [0.4, 0.5) is 0 Å². The summed E-state index contributed by atoms with van der Waals surface area (Å²) in [6.07, 6.45) is 0. The maximum Gasteiger partial charge on any atom is 0.160 e. The number of rotatable bonds is 4. The molecule has 0 saturated heterocycles. The molecule has 3 nitrogen and oxygen atoms in total. The Morgan fingerprint density at radius 1 is 0.453 bits per heavy atom. The van der Waals surface area contributed by atoms with Crippen LogP contribution in [-0.2, 0) is 5.41 Å². The van der Waals surface area contributed by atoms with E-state index in [0.717, 1.165) is 33.9 Å². The van der Waals surface area contributed by atoms with Gasteiger partial charge in [0.25, 0.3) is 0 Å². The zero-order chi connectivity index (χ0) is 35.3. The number of fused-ring (bicyclic) bond motifs is 8. The number of benzene rings is 7. The molecule has 0 spiro atoms. The average molecular weight is 696 g/mol. The first-order chi connectivity index (χ1) is 26.0. The molecule has 0 aliphatic carbocycles. The van der Waals surface area contributed by atoms with E-state index in [0.29, 0.717) is 0 Å². The Labute approximate surface area is 311 Å². The molecule has 0 N–H and O–H groups in total. The minimum Gasteiger partial charge on any atom is -0.309 e. The first-order valence-electron chi connectivity index (χ1n) is 18.2. The highest BCUT2D eigenvalue weighted by Crippen LogP contribution is 2.48. The molecule has 0 fully saturated rings. The fraction of sp³-hybridized carbons (Fsp3) is 0.0612. The summed E-state index contributed by atoms with van der Waals surface area (Å²) in [6, 6.07) is 59.2. The monoisotopic (exact) mass is 695 g/mol. The lowest BCUT2D eigenvalue weighted by Gasteiger charge is -2.35. The van der Waals surface area contributed by atoms with Crippen LogP contribution in [0.1, 0.15) is 25.0 Å². The minimum atomic E-state index is -0.157. The Bertz CT molecular complexity index is 3020. The molecule has 4 heteroatoms. The van der Waals surface area contributed by atoms with Crippen LogP contribution in [0.5, 0.6) is 0 Å². The van der Waals surface area contributed by atoms with Gasteiger partial charge in [0.05, 0.1) is 28.1 Å². The lowest BCUT2D eigenvalue weighted by atomic mass is 9.74. The fourth-order valence-corrected chi connectivity index (χ4v) is 9.58. The van der Waals surface area contributed by atoms with Gasteiger partial charge in [-0.1, -0.05) is 123 Å². The van der Waals surface area contributed by atoms with E-state index in [4.69, 9.17) is 9.97 Å². The van der Waals surface area contributed by atoms with E-state index >= 15 is 0 Å². The van der Waals surface area contributed by atoms with Crippen molar-refractivity contribution >= 4 is 53.3 Å². The predicted octanol–water partition coefficient (Wildman–Crippen LogP) is 13.2. The summed E-state index contributed by atoms with van der Waals surface area (Å²) in [4.78, 5) is 10.3. The summed E-state index contributed by atoms with van der Waals surface area (Å²) in [6.45, 7) is 4.75. The molecule has 53 heavy (non-hydrogen) atoms. The summed E-state index contributed by atoms with van der Waals surface area (Å²) in [5, 5.41) is 5.11. The van der Waals surface area contributed by atoms with Crippen LogP contribution in [-0.4, -0.2) is 14.5 Å². The number of para-hydroxylation sites is 2. The van der Waals surface area contributed by atoms with Gasteiger partial charge in [-0.05, 0) is 76.9 Å². The second-order valence-electron chi connectivity index (χ2n) is 14.6. The Kier molecular flexibility index (Phi) is 6.47. The van der Waals surface area contributed by atoms with Crippen LogP contribution >= 0.6 is 11.3 Å². The van der Waals surface area contributed by atoms with Crippen molar-refractivity contribution in [2.75, 3.05) is 0 Å². The van der Waals surface area contributed by atoms with E-state index in [1.54, 1.807) is 0 Å². The second kappa shape index (κ2) is 11.3. The smallest absolute Gasteiger partial charge is 0.160 e. The van der Waals surface area contributed by atoms with Crippen LogP contribution in [0.2, 0.25) is 0 Å². The molecule has 0 bridgehead atoms. The van der Waals surface area contributed by atoms with Crippen LogP contribution in [0.3, 0.4) is 0 Å². The van der Waals surface area contributed by atoms with Gasteiger partial charge in [0.2, 0.25) is 0 Å². The van der Waals surface area contributed by atoms with E-state index in [-0.39, 0.29) is 5.41 Å². The van der Waals surface area contributed by atoms with Crippen molar-refractivity contribution in [2.45, 2.75) is 19.3 Å². The van der Waals surface area contributed by atoms with Crippen molar-refractivity contribution in [3.8, 4) is 50.7 Å². The van der Waals surface area contributed by atoms with E-state index in [9.17, 15) is 0 Å². The molecular formula is C49H33N3S. The Morgan fingerprint density at radius 2 is 1.04 bits per heavy atom. The lowest BCUT2D eigenvalue weighted by Crippen LogP contribution is -2.26.